The Balaban J connectivity index is 1.90. The predicted octanol–water partition coefficient (Wildman–Crippen LogP) is 3.54. The quantitative estimate of drug-likeness (QED) is 0.664. The van der Waals surface area contributed by atoms with Crippen LogP contribution in [0, 0.1) is 0 Å². The lowest BCUT2D eigenvalue weighted by Gasteiger charge is -2.14. The molecule has 0 radical (unpaired) electrons. The monoisotopic (exact) mass is 417 g/mol. The zero-order valence-corrected chi connectivity index (χ0v) is 16.4. The predicted molar refractivity (Wildman–Crippen MR) is 111 cm³/mol. The smallest absolute Gasteiger partial charge is 0.259 e. The Bertz CT molecular complexity index is 1140. The molecule has 0 fully saturated rings. The summed E-state index contributed by atoms with van der Waals surface area (Å²) < 4.78 is 1.27. The van der Waals surface area contributed by atoms with Gasteiger partial charge >= 0.3 is 0 Å². The topological polar surface area (TPSA) is 94.2 Å². The zero-order chi connectivity index (χ0) is 20.4. The summed E-state index contributed by atoms with van der Waals surface area (Å²) in [7, 11) is 0. The van der Waals surface area contributed by atoms with Gasteiger partial charge in [0.1, 0.15) is 6.04 Å². The number of nitrogens with two attached hydrogens (primary N) is 1. The van der Waals surface area contributed by atoms with Crippen molar-refractivity contribution in [3.05, 3.63) is 74.6 Å². The van der Waals surface area contributed by atoms with Gasteiger partial charge in [0.05, 0.1) is 16.5 Å². The number of nitrogens with zero attached hydrogens (tertiary/aromatic N) is 1. The number of nitrogens with one attached hydrogen (secondary N) is 1. The van der Waals surface area contributed by atoms with Crippen molar-refractivity contribution in [1.82, 2.24) is 4.57 Å². The number of benzene rings is 2. The Hall–Kier alpha value is -2.83. The van der Waals surface area contributed by atoms with E-state index in [4.69, 9.17) is 28.9 Å². The number of amides is 2. The van der Waals surface area contributed by atoms with Crippen molar-refractivity contribution in [3.8, 4) is 0 Å². The van der Waals surface area contributed by atoms with Crippen LogP contribution in [0.4, 0.5) is 5.69 Å². The summed E-state index contributed by atoms with van der Waals surface area (Å²) in [4.78, 5) is 36.5. The summed E-state index contributed by atoms with van der Waals surface area (Å²) in [6.07, 6.45) is 1.60. The van der Waals surface area contributed by atoms with Crippen molar-refractivity contribution >= 4 is 51.5 Å². The van der Waals surface area contributed by atoms with Gasteiger partial charge in [-0.3, -0.25) is 14.4 Å². The molecule has 1 atom stereocenters. The number of rotatable bonds is 5. The van der Waals surface area contributed by atoms with E-state index in [0.717, 1.165) is 0 Å². The average Bonchev–Trinajstić information content (AvgIpc) is 2.65. The third kappa shape index (κ3) is 4.03. The van der Waals surface area contributed by atoms with E-state index < -0.39 is 11.9 Å². The lowest BCUT2D eigenvalue weighted by atomic mass is 10.1. The fourth-order valence-corrected chi connectivity index (χ4v) is 3.19. The Labute approximate surface area is 170 Å². The van der Waals surface area contributed by atoms with Crippen molar-refractivity contribution < 1.29 is 9.59 Å². The van der Waals surface area contributed by atoms with Gasteiger partial charge in [-0.15, -0.1) is 0 Å². The largest absolute Gasteiger partial charge is 0.368 e. The van der Waals surface area contributed by atoms with E-state index in [-0.39, 0.29) is 17.9 Å². The number of carbonyl (C=O) groups excluding carboxylic acids is 2. The molecule has 0 aliphatic heterocycles. The molecule has 1 aromatic heterocycles. The van der Waals surface area contributed by atoms with Gasteiger partial charge in [-0.1, -0.05) is 35.3 Å². The number of aromatic nitrogens is 1. The number of primary amides is 1. The van der Waals surface area contributed by atoms with Crippen LogP contribution in [-0.2, 0) is 16.0 Å². The molecule has 1 heterocycles. The zero-order valence-electron chi connectivity index (χ0n) is 14.9. The Morgan fingerprint density at radius 3 is 2.54 bits per heavy atom. The second kappa shape index (κ2) is 8.04. The minimum Gasteiger partial charge on any atom is -0.368 e. The first kappa shape index (κ1) is 19.9. The van der Waals surface area contributed by atoms with Gasteiger partial charge in [-0.05, 0) is 42.8 Å². The Kier molecular flexibility index (Phi) is 5.72. The van der Waals surface area contributed by atoms with Crippen molar-refractivity contribution in [3.63, 3.8) is 0 Å². The van der Waals surface area contributed by atoms with Crippen LogP contribution < -0.4 is 16.6 Å². The highest BCUT2D eigenvalue weighted by atomic mass is 35.5. The second-order valence-electron chi connectivity index (χ2n) is 6.35. The molecular weight excluding hydrogens is 401 g/mol. The highest BCUT2D eigenvalue weighted by Gasteiger charge is 2.15. The van der Waals surface area contributed by atoms with Crippen molar-refractivity contribution in [2.75, 3.05) is 5.32 Å². The summed E-state index contributed by atoms with van der Waals surface area (Å²) in [5, 5.41) is 4.56. The SMILES string of the molecule is CC(C(N)=O)n1ccc2c(NC(=O)Cc3ccc(Cl)c(Cl)c3)cccc2c1=O. The molecule has 8 heteroatoms. The summed E-state index contributed by atoms with van der Waals surface area (Å²) in [6, 6.07) is 10.9. The van der Waals surface area contributed by atoms with Gasteiger partial charge < -0.3 is 15.6 Å². The first-order valence-electron chi connectivity index (χ1n) is 8.45. The van der Waals surface area contributed by atoms with Gasteiger partial charge in [0, 0.05) is 22.7 Å². The van der Waals surface area contributed by atoms with Gasteiger partial charge in [-0.2, -0.15) is 0 Å². The molecule has 144 valence electrons. The third-order valence-corrected chi connectivity index (χ3v) is 5.16. The first-order valence-corrected chi connectivity index (χ1v) is 9.20. The number of hydrogen-bond acceptors (Lipinski definition) is 3. The fraction of sp³-hybridized carbons (Fsp3) is 0.150. The van der Waals surface area contributed by atoms with Crippen LogP contribution in [0.3, 0.4) is 0 Å². The molecule has 0 bridgehead atoms. The number of halogens is 2. The van der Waals surface area contributed by atoms with Crippen molar-refractivity contribution in [2.24, 2.45) is 5.73 Å². The number of hydrogen-bond donors (Lipinski definition) is 2. The van der Waals surface area contributed by atoms with E-state index in [0.29, 0.717) is 32.1 Å². The molecule has 2 amide bonds. The number of carbonyl (C=O) groups is 2. The van der Waals surface area contributed by atoms with Crippen LogP contribution in [0.1, 0.15) is 18.5 Å². The lowest BCUT2D eigenvalue weighted by Crippen LogP contribution is -2.31. The Morgan fingerprint density at radius 2 is 1.86 bits per heavy atom. The highest BCUT2D eigenvalue weighted by molar-refractivity contribution is 6.42. The number of pyridine rings is 1. The second-order valence-corrected chi connectivity index (χ2v) is 7.16. The minimum absolute atomic E-state index is 0.100. The van der Waals surface area contributed by atoms with E-state index in [9.17, 15) is 14.4 Å². The number of fused-ring (bicyclic) bond motifs is 1. The van der Waals surface area contributed by atoms with Gasteiger partial charge in [0.2, 0.25) is 11.8 Å². The summed E-state index contributed by atoms with van der Waals surface area (Å²) in [5.41, 5.74) is 6.15. The third-order valence-electron chi connectivity index (χ3n) is 4.42. The summed E-state index contributed by atoms with van der Waals surface area (Å²) in [5.74, 6) is -0.867. The maximum absolute atomic E-state index is 12.7. The van der Waals surface area contributed by atoms with Crippen LogP contribution in [0.25, 0.3) is 10.8 Å². The molecule has 0 saturated carbocycles. The van der Waals surface area contributed by atoms with Gasteiger partial charge in [0.15, 0.2) is 0 Å². The standard InChI is InChI=1S/C20H17Cl2N3O3/c1-11(19(23)27)25-8-7-13-14(20(25)28)3-2-4-17(13)24-18(26)10-12-5-6-15(21)16(22)9-12/h2-9,11H,10H2,1H3,(H2,23,27)(H,24,26). The van der Waals surface area contributed by atoms with E-state index in [1.165, 1.54) is 10.8 Å². The molecule has 0 aliphatic carbocycles. The van der Waals surface area contributed by atoms with Crippen LogP contribution in [-0.4, -0.2) is 16.4 Å². The van der Waals surface area contributed by atoms with E-state index in [1.807, 2.05) is 0 Å². The molecule has 3 rings (SSSR count). The highest BCUT2D eigenvalue weighted by Crippen LogP contribution is 2.24. The lowest BCUT2D eigenvalue weighted by molar-refractivity contribution is -0.120. The molecule has 0 spiro atoms. The van der Waals surface area contributed by atoms with Gasteiger partial charge in [-0.25, -0.2) is 0 Å². The normalized spacial score (nSPS) is 12.0. The molecular formula is C20H17Cl2N3O3. The molecule has 0 saturated heterocycles. The average molecular weight is 418 g/mol. The summed E-state index contributed by atoms with van der Waals surface area (Å²) in [6.45, 7) is 1.55. The molecule has 0 aliphatic rings. The molecule has 3 N–H and O–H groups in total. The van der Waals surface area contributed by atoms with Crippen molar-refractivity contribution in [1.29, 1.82) is 0 Å². The van der Waals surface area contributed by atoms with Crippen LogP contribution >= 0.6 is 23.2 Å². The molecule has 28 heavy (non-hydrogen) atoms. The minimum atomic E-state index is -0.773. The molecule has 2 aromatic carbocycles. The van der Waals surface area contributed by atoms with Crippen LogP contribution in [0.15, 0.2) is 53.5 Å². The van der Waals surface area contributed by atoms with Crippen LogP contribution in [0.2, 0.25) is 10.0 Å². The Morgan fingerprint density at radius 1 is 1.11 bits per heavy atom. The molecule has 1 unspecified atom stereocenters. The fourth-order valence-electron chi connectivity index (χ4n) is 2.87. The van der Waals surface area contributed by atoms with Crippen LogP contribution in [0.5, 0.6) is 0 Å². The van der Waals surface area contributed by atoms with E-state index in [2.05, 4.69) is 5.32 Å². The first-order chi connectivity index (χ1) is 13.3. The van der Waals surface area contributed by atoms with Gasteiger partial charge in [0.25, 0.3) is 5.56 Å². The molecule has 3 aromatic rings. The molecule has 6 nitrogen and oxygen atoms in total. The maximum Gasteiger partial charge on any atom is 0.259 e. The summed E-state index contributed by atoms with van der Waals surface area (Å²) >= 11 is 11.9. The maximum atomic E-state index is 12.7. The number of anilines is 1. The van der Waals surface area contributed by atoms with E-state index in [1.54, 1.807) is 49.4 Å². The van der Waals surface area contributed by atoms with E-state index >= 15 is 0 Å². The van der Waals surface area contributed by atoms with Crippen molar-refractivity contribution in [2.45, 2.75) is 19.4 Å².